The Morgan fingerprint density at radius 3 is 2.69 bits per heavy atom. The van der Waals surface area contributed by atoms with Gasteiger partial charge in [0.25, 0.3) is 0 Å². The molecule has 0 radical (unpaired) electrons. The Balaban J connectivity index is 1.59. The molecule has 170 valence electrons. The normalized spacial score (nSPS) is 12.6. The first-order chi connectivity index (χ1) is 15.5. The summed E-state index contributed by atoms with van der Waals surface area (Å²) in [6.45, 7) is 2.95. The number of anilines is 3. The Bertz CT molecular complexity index is 1000. The Labute approximate surface area is 191 Å². The number of nitrogens with zero attached hydrogens (tertiary/aromatic N) is 5. The molecule has 0 aliphatic carbocycles. The SMILES string of the molecule is COC[C@@H](C(=O)Nc1nnc(N[C@H](C)CN(C)c2cccnn2)s1)c1cccc(OC)c1. The highest BCUT2D eigenvalue weighted by Gasteiger charge is 2.23. The first-order valence-corrected chi connectivity index (χ1v) is 10.8. The van der Waals surface area contributed by atoms with Crippen LogP contribution >= 0.6 is 11.3 Å². The van der Waals surface area contributed by atoms with Gasteiger partial charge in [-0.15, -0.1) is 15.3 Å². The third kappa shape index (κ3) is 6.34. The van der Waals surface area contributed by atoms with Crippen molar-refractivity contribution in [1.29, 1.82) is 0 Å². The van der Waals surface area contributed by atoms with E-state index in [1.54, 1.807) is 20.4 Å². The molecule has 32 heavy (non-hydrogen) atoms. The number of amides is 1. The molecule has 2 heterocycles. The second-order valence-electron chi connectivity index (χ2n) is 7.19. The molecular weight excluding hydrogens is 430 g/mol. The van der Waals surface area contributed by atoms with Crippen LogP contribution < -0.4 is 20.3 Å². The fraction of sp³-hybridized carbons (Fsp3) is 0.381. The van der Waals surface area contributed by atoms with Crippen LogP contribution in [0.15, 0.2) is 42.6 Å². The molecule has 0 spiro atoms. The van der Waals surface area contributed by atoms with E-state index >= 15 is 0 Å². The highest BCUT2D eigenvalue weighted by Crippen LogP contribution is 2.25. The number of carbonyl (C=O) groups is 1. The smallest absolute Gasteiger partial charge is 0.236 e. The van der Waals surface area contributed by atoms with Gasteiger partial charge in [0, 0.05) is 32.9 Å². The van der Waals surface area contributed by atoms with Gasteiger partial charge in [-0.3, -0.25) is 10.1 Å². The number of aromatic nitrogens is 4. The van der Waals surface area contributed by atoms with Crippen molar-refractivity contribution in [2.45, 2.75) is 18.9 Å². The van der Waals surface area contributed by atoms with Crippen LogP contribution in [0.1, 0.15) is 18.4 Å². The number of nitrogens with one attached hydrogen (secondary N) is 2. The zero-order valence-corrected chi connectivity index (χ0v) is 19.3. The fourth-order valence-electron chi connectivity index (χ4n) is 3.13. The molecule has 0 unspecified atom stereocenters. The second kappa shape index (κ2) is 11.3. The number of benzene rings is 1. The summed E-state index contributed by atoms with van der Waals surface area (Å²) in [5, 5.41) is 23.4. The van der Waals surface area contributed by atoms with Crippen LogP contribution in [0.5, 0.6) is 5.75 Å². The summed E-state index contributed by atoms with van der Waals surface area (Å²) in [4.78, 5) is 14.9. The van der Waals surface area contributed by atoms with Gasteiger partial charge in [0.1, 0.15) is 5.75 Å². The lowest BCUT2D eigenvalue weighted by molar-refractivity contribution is -0.118. The highest BCUT2D eigenvalue weighted by molar-refractivity contribution is 7.19. The van der Waals surface area contributed by atoms with Gasteiger partial charge in [0.05, 0.1) is 19.6 Å². The largest absolute Gasteiger partial charge is 0.497 e. The van der Waals surface area contributed by atoms with E-state index < -0.39 is 5.92 Å². The van der Waals surface area contributed by atoms with E-state index in [0.717, 1.165) is 11.4 Å². The summed E-state index contributed by atoms with van der Waals surface area (Å²) in [7, 11) is 5.10. The van der Waals surface area contributed by atoms with Gasteiger partial charge in [0.2, 0.25) is 16.2 Å². The van der Waals surface area contributed by atoms with Crippen LogP contribution in [0, 0.1) is 0 Å². The third-order valence-electron chi connectivity index (χ3n) is 4.67. The molecule has 3 rings (SSSR count). The summed E-state index contributed by atoms with van der Waals surface area (Å²) in [6, 6.07) is 11.2. The lowest BCUT2D eigenvalue weighted by Gasteiger charge is -2.22. The minimum Gasteiger partial charge on any atom is -0.497 e. The van der Waals surface area contributed by atoms with Gasteiger partial charge in [-0.05, 0) is 36.8 Å². The Morgan fingerprint density at radius 1 is 1.16 bits per heavy atom. The minimum absolute atomic E-state index is 0.0662. The Morgan fingerprint density at radius 2 is 1.97 bits per heavy atom. The molecule has 3 aromatic rings. The van der Waals surface area contributed by atoms with E-state index in [1.165, 1.54) is 11.3 Å². The summed E-state index contributed by atoms with van der Waals surface area (Å²) in [6.07, 6.45) is 1.64. The van der Waals surface area contributed by atoms with Crippen molar-refractivity contribution >= 4 is 33.3 Å². The maximum Gasteiger partial charge on any atom is 0.236 e. The average molecular weight is 458 g/mol. The van der Waals surface area contributed by atoms with Crippen molar-refractivity contribution in [3.05, 3.63) is 48.2 Å². The van der Waals surface area contributed by atoms with Gasteiger partial charge < -0.3 is 19.7 Å². The van der Waals surface area contributed by atoms with Gasteiger partial charge >= 0.3 is 0 Å². The van der Waals surface area contributed by atoms with E-state index in [-0.39, 0.29) is 18.6 Å². The van der Waals surface area contributed by atoms with Crippen molar-refractivity contribution in [2.75, 3.05) is 50.0 Å². The average Bonchev–Trinajstić information content (AvgIpc) is 3.24. The first-order valence-electron chi connectivity index (χ1n) is 10.0. The van der Waals surface area contributed by atoms with E-state index in [0.29, 0.717) is 22.6 Å². The number of methoxy groups -OCH3 is 2. The van der Waals surface area contributed by atoms with Crippen molar-refractivity contribution in [1.82, 2.24) is 20.4 Å². The maximum atomic E-state index is 12.9. The molecule has 2 aromatic heterocycles. The lowest BCUT2D eigenvalue weighted by atomic mass is 9.99. The topological polar surface area (TPSA) is 114 Å². The van der Waals surface area contributed by atoms with Crippen LogP contribution in [0.2, 0.25) is 0 Å². The van der Waals surface area contributed by atoms with Crippen molar-refractivity contribution in [3.63, 3.8) is 0 Å². The zero-order valence-electron chi connectivity index (χ0n) is 18.5. The molecule has 0 aliphatic rings. The van der Waals surface area contributed by atoms with Crippen LogP contribution in [0.25, 0.3) is 0 Å². The summed E-state index contributed by atoms with van der Waals surface area (Å²) in [5.41, 5.74) is 0.798. The van der Waals surface area contributed by atoms with Crippen molar-refractivity contribution in [3.8, 4) is 5.75 Å². The highest BCUT2D eigenvalue weighted by atomic mass is 32.1. The van der Waals surface area contributed by atoms with Crippen LogP contribution in [0.4, 0.5) is 16.1 Å². The van der Waals surface area contributed by atoms with Gasteiger partial charge in [0.15, 0.2) is 5.82 Å². The Hall–Kier alpha value is -3.31. The van der Waals surface area contributed by atoms with Crippen molar-refractivity contribution < 1.29 is 14.3 Å². The second-order valence-corrected chi connectivity index (χ2v) is 8.17. The van der Waals surface area contributed by atoms with Gasteiger partial charge in [-0.2, -0.15) is 5.10 Å². The number of hydrogen-bond acceptors (Lipinski definition) is 10. The van der Waals surface area contributed by atoms with Gasteiger partial charge in [-0.25, -0.2) is 0 Å². The quantitative estimate of drug-likeness (QED) is 0.448. The van der Waals surface area contributed by atoms with E-state index in [4.69, 9.17) is 9.47 Å². The number of hydrogen-bond donors (Lipinski definition) is 2. The molecule has 1 aromatic carbocycles. The minimum atomic E-state index is -0.505. The molecular formula is C21H27N7O3S. The first kappa shape index (κ1) is 23.4. The summed E-state index contributed by atoms with van der Waals surface area (Å²) < 4.78 is 10.5. The summed E-state index contributed by atoms with van der Waals surface area (Å²) in [5.74, 6) is 0.737. The molecule has 2 N–H and O–H groups in total. The molecule has 0 aliphatic heterocycles. The Kier molecular flexibility index (Phi) is 8.28. The predicted octanol–water partition coefficient (Wildman–Crippen LogP) is 2.64. The van der Waals surface area contributed by atoms with Crippen LogP contribution in [-0.2, 0) is 9.53 Å². The van der Waals surface area contributed by atoms with E-state index in [9.17, 15) is 4.79 Å². The molecule has 11 heteroatoms. The molecule has 1 amide bonds. The van der Waals surface area contributed by atoms with Crippen LogP contribution in [0.3, 0.4) is 0 Å². The van der Waals surface area contributed by atoms with Gasteiger partial charge in [-0.1, -0.05) is 23.5 Å². The van der Waals surface area contributed by atoms with Crippen LogP contribution in [-0.4, -0.2) is 66.8 Å². The fourth-order valence-corrected chi connectivity index (χ4v) is 3.89. The number of carbonyl (C=O) groups excluding carboxylic acids is 1. The van der Waals surface area contributed by atoms with E-state index in [2.05, 4.69) is 31.0 Å². The molecule has 0 fully saturated rings. The zero-order chi connectivity index (χ0) is 22.9. The predicted molar refractivity (Wildman–Crippen MR) is 125 cm³/mol. The number of ether oxygens (including phenoxy) is 2. The standard InChI is InChI=1S/C21H27N7O3S/c1-14(12-28(2)18-9-6-10-22-25-18)23-20-26-27-21(32-20)24-19(29)17(13-30-3)15-7-5-8-16(11-15)31-4/h5-11,14,17H,12-13H2,1-4H3,(H,23,26)(H,24,27,29)/t14-,17-/m1/s1. The molecule has 0 bridgehead atoms. The molecule has 2 atom stereocenters. The molecule has 0 saturated heterocycles. The lowest BCUT2D eigenvalue weighted by Crippen LogP contribution is -2.32. The van der Waals surface area contributed by atoms with E-state index in [1.807, 2.05) is 55.3 Å². The molecule has 10 nitrogen and oxygen atoms in total. The summed E-state index contributed by atoms with van der Waals surface area (Å²) >= 11 is 1.27. The third-order valence-corrected chi connectivity index (χ3v) is 5.44. The number of rotatable bonds is 11. The maximum absolute atomic E-state index is 12.9. The van der Waals surface area contributed by atoms with Crippen molar-refractivity contribution in [2.24, 2.45) is 0 Å². The number of likely N-dealkylation sites (N-methyl/N-ethyl adjacent to an activating group) is 1. The molecule has 0 saturated carbocycles. The monoisotopic (exact) mass is 457 g/mol.